The van der Waals surface area contributed by atoms with Crippen LogP contribution < -0.4 is 5.32 Å². The van der Waals surface area contributed by atoms with Crippen molar-refractivity contribution in [2.24, 2.45) is 11.3 Å². The molecule has 2 aliphatic heterocycles. The normalized spacial score (nSPS) is 33.6. The maximum Gasteiger partial charge on any atom is 0.235 e. The second kappa shape index (κ2) is 4.66. The second-order valence-electron chi connectivity index (χ2n) is 6.53. The third-order valence-electron chi connectivity index (χ3n) is 5.50. The lowest BCUT2D eigenvalue weighted by Gasteiger charge is -2.35. The van der Waals surface area contributed by atoms with Gasteiger partial charge in [0.1, 0.15) is 0 Å². The van der Waals surface area contributed by atoms with Gasteiger partial charge in [-0.25, -0.2) is 0 Å². The van der Waals surface area contributed by atoms with Crippen LogP contribution in [0.25, 0.3) is 0 Å². The van der Waals surface area contributed by atoms with E-state index in [1.165, 1.54) is 0 Å². The molecule has 0 aromatic heterocycles. The molecule has 4 rings (SSSR count). The van der Waals surface area contributed by atoms with Gasteiger partial charge in [-0.2, -0.15) is 0 Å². The smallest absolute Gasteiger partial charge is 0.235 e. The van der Waals surface area contributed by atoms with Gasteiger partial charge in [-0.3, -0.25) is 19.7 Å². The van der Waals surface area contributed by atoms with E-state index in [-0.39, 0.29) is 30.2 Å². The Bertz CT molecular complexity index is 657. The van der Waals surface area contributed by atoms with Crippen molar-refractivity contribution in [2.75, 3.05) is 0 Å². The molecule has 1 aliphatic carbocycles. The Morgan fingerprint density at radius 2 is 1.95 bits per heavy atom. The van der Waals surface area contributed by atoms with Crippen LogP contribution in [0, 0.1) is 11.3 Å². The first-order valence-electron chi connectivity index (χ1n) is 7.81. The van der Waals surface area contributed by atoms with Gasteiger partial charge in [-0.05, 0) is 18.4 Å². The highest BCUT2D eigenvalue weighted by Gasteiger charge is 2.66. The minimum atomic E-state index is -0.681. The Morgan fingerprint density at radius 3 is 2.73 bits per heavy atom. The largest absolute Gasteiger partial charge is 0.334 e. The first kappa shape index (κ1) is 13.5. The zero-order valence-corrected chi connectivity index (χ0v) is 12.2. The van der Waals surface area contributed by atoms with Crippen LogP contribution in [0.5, 0.6) is 0 Å². The SMILES string of the molecule is O=C1C[C@@H]2C(=O)N(Cc3ccccc3)[C@@H]3CCC[C@]23C(=O)N1. The Labute approximate surface area is 128 Å². The molecule has 2 saturated heterocycles. The van der Waals surface area contributed by atoms with Crippen LogP contribution in [0.1, 0.15) is 31.2 Å². The van der Waals surface area contributed by atoms with Crippen molar-refractivity contribution < 1.29 is 14.4 Å². The van der Waals surface area contributed by atoms with Gasteiger partial charge in [-0.1, -0.05) is 36.8 Å². The minimum Gasteiger partial charge on any atom is -0.334 e. The zero-order chi connectivity index (χ0) is 15.3. The molecule has 1 saturated carbocycles. The molecule has 1 N–H and O–H groups in total. The molecule has 3 fully saturated rings. The lowest BCUT2D eigenvalue weighted by atomic mass is 9.70. The van der Waals surface area contributed by atoms with E-state index in [1.807, 2.05) is 35.2 Å². The van der Waals surface area contributed by atoms with Crippen molar-refractivity contribution in [3.05, 3.63) is 35.9 Å². The summed E-state index contributed by atoms with van der Waals surface area (Å²) in [6.07, 6.45) is 2.63. The summed E-state index contributed by atoms with van der Waals surface area (Å²) < 4.78 is 0. The Morgan fingerprint density at radius 1 is 1.18 bits per heavy atom. The summed E-state index contributed by atoms with van der Waals surface area (Å²) >= 11 is 0. The molecule has 3 atom stereocenters. The van der Waals surface area contributed by atoms with Crippen molar-refractivity contribution in [1.29, 1.82) is 0 Å². The molecule has 22 heavy (non-hydrogen) atoms. The number of imide groups is 1. The number of likely N-dealkylation sites (tertiary alicyclic amines) is 1. The standard InChI is InChI=1S/C17H18N2O3/c20-14-9-12-15(21)19(10-11-5-2-1-3-6-11)13-7-4-8-17(12,13)16(22)18-14/h1-3,5-6,12-13H,4,7-10H2,(H,18,20,22)/t12-,13-,17+/m1/s1. The lowest BCUT2D eigenvalue weighted by Crippen LogP contribution is -2.55. The van der Waals surface area contributed by atoms with Gasteiger partial charge < -0.3 is 4.90 Å². The highest BCUT2D eigenvalue weighted by Crippen LogP contribution is 2.55. The average Bonchev–Trinajstić information content (AvgIpc) is 3.02. The number of nitrogens with zero attached hydrogens (tertiary/aromatic N) is 1. The number of amides is 3. The monoisotopic (exact) mass is 298 g/mol. The number of rotatable bonds is 2. The summed E-state index contributed by atoms with van der Waals surface area (Å²) in [6, 6.07) is 9.74. The summed E-state index contributed by atoms with van der Waals surface area (Å²) in [6.45, 7) is 0.518. The van der Waals surface area contributed by atoms with Gasteiger partial charge in [0.15, 0.2) is 0 Å². The van der Waals surface area contributed by atoms with Crippen LogP contribution in [0.2, 0.25) is 0 Å². The zero-order valence-electron chi connectivity index (χ0n) is 12.2. The second-order valence-corrected chi connectivity index (χ2v) is 6.53. The van der Waals surface area contributed by atoms with Crippen molar-refractivity contribution in [1.82, 2.24) is 10.2 Å². The molecule has 1 aromatic rings. The fourth-order valence-corrected chi connectivity index (χ4v) is 4.57. The maximum absolute atomic E-state index is 12.8. The Kier molecular flexibility index (Phi) is 2.86. The van der Waals surface area contributed by atoms with Gasteiger partial charge in [-0.15, -0.1) is 0 Å². The summed E-state index contributed by atoms with van der Waals surface area (Å²) in [4.78, 5) is 38.9. The number of nitrogens with one attached hydrogen (secondary N) is 1. The predicted octanol–water partition coefficient (Wildman–Crippen LogP) is 1.23. The van der Waals surface area contributed by atoms with Crippen LogP contribution in [0.15, 0.2) is 30.3 Å². The summed E-state index contributed by atoms with van der Waals surface area (Å²) in [7, 11) is 0. The molecular formula is C17H18N2O3. The average molecular weight is 298 g/mol. The van der Waals surface area contributed by atoms with Crippen molar-refractivity contribution in [2.45, 2.75) is 38.3 Å². The first-order chi connectivity index (χ1) is 10.6. The van der Waals surface area contributed by atoms with E-state index in [0.717, 1.165) is 18.4 Å². The minimum absolute atomic E-state index is 0.0308. The molecule has 0 radical (unpaired) electrons. The van der Waals surface area contributed by atoms with Crippen molar-refractivity contribution in [3.8, 4) is 0 Å². The van der Waals surface area contributed by atoms with Crippen LogP contribution in [0.4, 0.5) is 0 Å². The quantitative estimate of drug-likeness (QED) is 0.835. The van der Waals surface area contributed by atoms with Crippen molar-refractivity contribution >= 4 is 17.7 Å². The van der Waals surface area contributed by atoms with Crippen molar-refractivity contribution in [3.63, 3.8) is 0 Å². The molecular weight excluding hydrogens is 280 g/mol. The van der Waals surface area contributed by atoms with Crippen LogP contribution in [-0.2, 0) is 20.9 Å². The maximum atomic E-state index is 12.8. The fourth-order valence-electron chi connectivity index (χ4n) is 4.57. The molecule has 0 bridgehead atoms. The van der Waals surface area contributed by atoms with Gasteiger partial charge >= 0.3 is 0 Å². The van der Waals surface area contributed by atoms with Gasteiger partial charge in [0.25, 0.3) is 0 Å². The van der Waals surface area contributed by atoms with E-state index < -0.39 is 11.3 Å². The van der Waals surface area contributed by atoms with E-state index in [9.17, 15) is 14.4 Å². The summed E-state index contributed by atoms with van der Waals surface area (Å²) in [5.74, 6) is -1.05. The van der Waals surface area contributed by atoms with Crippen LogP contribution in [0.3, 0.4) is 0 Å². The predicted molar refractivity (Wildman–Crippen MR) is 78.3 cm³/mol. The van der Waals surface area contributed by atoms with E-state index in [0.29, 0.717) is 13.0 Å². The van der Waals surface area contributed by atoms with E-state index in [4.69, 9.17) is 0 Å². The van der Waals surface area contributed by atoms with Crippen LogP contribution in [-0.4, -0.2) is 28.7 Å². The topological polar surface area (TPSA) is 66.5 Å². The Hall–Kier alpha value is -2.17. The highest BCUT2D eigenvalue weighted by atomic mass is 16.2. The van der Waals surface area contributed by atoms with E-state index >= 15 is 0 Å². The van der Waals surface area contributed by atoms with Gasteiger partial charge in [0, 0.05) is 19.0 Å². The molecule has 3 aliphatic rings. The molecule has 3 amide bonds. The number of hydrogen-bond donors (Lipinski definition) is 1. The Balaban J connectivity index is 1.71. The molecule has 1 aromatic carbocycles. The molecule has 5 nitrogen and oxygen atoms in total. The number of carbonyl (C=O) groups is 3. The summed E-state index contributed by atoms with van der Waals surface area (Å²) in [5.41, 5.74) is 0.378. The fraction of sp³-hybridized carbons (Fsp3) is 0.471. The molecule has 0 unspecified atom stereocenters. The molecule has 1 spiro atoms. The number of hydrogen-bond acceptors (Lipinski definition) is 3. The first-order valence-corrected chi connectivity index (χ1v) is 7.81. The third-order valence-corrected chi connectivity index (χ3v) is 5.50. The van der Waals surface area contributed by atoms with Gasteiger partial charge in [0.05, 0.1) is 11.3 Å². The molecule has 114 valence electrons. The molecule has 5 heteroatoms. The lowest BCUT2D eigenvalue weighted by molar-refractivity contribution is -0.148. The van der Waals surface area contributed by atoms with Gasteiger partial charge in [0.2, 0.25) is 17.7 Å². The van der Waals surface area contributed by atoms with E-state index in [1.54, 1.807) is 0 Å². The highest BCUT2D eigenvalue weighted by molar-refractivity contribution is 6.07. The molecule has 2 heterocycles. The summed E-state index contributed by atoms with van der Waals surface area (Å²) in [5, 5.41) is 2.46. The number of carbonyl (C=O) groups excluding carboxylic acids is 3. The third kappa shape index (κ3) is 1.68. The van der Waals surface area contributed by atoms with E-state index in [2.05, 4.69) is 5.32 Å². The number of piperidine rings is 1. The number of benzene rings is 1. The van der Waals surface area contributed by atoms with Crippen LogP contribution >= 0.6 is 0 Å².